The van der Waals surface area contributed by atoms with Gasteiger partial charge in [-0.25, -0.2) is 0 Å². The van der Waals surface area contributed by atoms with Crippen LogP contribution in [0.15, 0.2) is 53.8 Å². The van der Waals surface area contributed by atoms with Crippen LogP contribution in [0.25, 0.3) is 0 Å². The van der Waals surface area contributed by atoms with Crippen molar-refractivity contribution >= 4 is 5.71 Å². The maximum Gasteiger partial charge on any atom is 0.0927 e. The molecule has 0 aliphatic carbocycles. The third kappa shape index (κ3) is 2.91. The van der Waals surface area contributed by atoms with E-state index in [0.29, 0.717) is 12.1 Å². The van der Waals surface area contributed by atoms with E-state index in [1.165, 1.54) is 0 Å². The highest BCUT2D eigenvalue weighted by molar-refractivity contribution is 6.01. The van der Waals surface area contributed by atoms with Crippen molar-refractivity contribution in [1.29, 1.82) is 0 Å². The van der Waals surface area contributed by atoms with Crippen molar-refractivity contribution in [3.63, 3.8) is 0 Å². The second kappa shape index (κ2) is 5.25. The van der Waals surface area contributed by atoms with E-state index in [4.69, 9.17) is 5.21 Å². The molecule has 3 nitrogen and oxygen atoms in total. The Labute approximate surface area is 100 Å². The summed E-state index contributed by atoms with van der Waals surface area (Å²) < 4.78 is 0. The largest absolute Gasteiger partial charge is 0.411 e. The van der Waals surface area contributed by atoms with E-state index in [1.807, 2.05) is 49.4 Å². The monoisotopic (exact) mass is 226 g/mol. The molecular weight excluding hydrogens is 212 g/mol. The van der Waals surface area contributed by atoms with Gasteiger partial charge in [0.15, 0.2) is 0 Å². The molecule has 0 fully saturated rings. The van der Waals surface area contributed by atoms with Crippen LogP contribution in [0.4, 0.5) is 0 Å². The number of oxime groups is 1. The van der Waals surface area contributed by atoms with E-state index < -0.39 is 0 Å². The summed E-state index contributed by atoms with van der Waals surface area (Å²) in [7, 11) is 0. The standard InChI is InChI=1S/C14H14N2O/c1-11-7-8-15-13(9-11)10-14(16-17)12-5-3-2-4-6-12/h2-9,17H,10H2,1H3/b16-14-. The van der Waals surface area contributed by atoms with Crippen LogP contribution >= 0.6 is 0 Å². The summed E-state index contributed by atoms with van der Waals surface area (Å²) in [6.07, 6.45) is 2.30. The highest BCUT2D eigenvalue weighted by Gasteiger charge is 2.06. The summed E-state index contributed by atoms with van der Waals surface area (Å²) in [5.74, 6) is 0. The predicted molar refractivity (Wildman–Crippen MR) is 67.4 cm³/mol. The molecule has 1 heterocycles. The predicted octanol–water partition coefficient (Wildman–Crippen LogP) is 2.81. The van der Waals surface area contributed by atoms with E-state index in [9.17, 15) is 0 Å². The summed E-state index contributed by atoms with van der Waals surface area (Å²) in [5.41, 5.74) is 3.60. The highest BCUT2D eigenvalue weighted by atomic mass is 16.4. The first-order valence-corrected chi connectivity index (χ1v) is 5.47. The van der Waals surface area contributed by atoms with Gasteiger partial charge in [0.1, 0.15) is 0 Å². The third-order valence-corrected chi connectivity index (χ3v) is 2.55. The maximum absolute atomic E-state index is 9.07. The fraction of sp³-hybridized carbons (Fsp3) is 0.143. The average Bonchev–Trinajstić information content (AvgIpc) is 2.37. The number of aromatic nitrogens is 1. The van der Waals surface area contributed by atoms with Gasteiger partial charge in [0.05, 0.1) is 5.71 Å². The van der Waals surface area contributed by atoms with Crippen LogP contribution in [0.5, 0.6) is 0 Å². The Morgan fingerprint density at radius 1 is 1.24 bits per heavy atom. The van der Waals surface area contributed by atoms with Gasteiger partial charge in [-0.05, 0) is 30.2 Å². The molecule has 0 amide bonds. The second-order valence-electron chi connectivity index (χ2n) is 3.91. The molecule has 0 atom stereocenters. The number of hydrogen-bond donors (Lipinski definition) is 1. The molecular formula is C14H14N2O. The first-order valence-electron chi connectivity index (χ1n) is 5.47. The first-order chi connectivity index (χ1) is 8.29. The van der Waals surface area contributed by atoms with E-state index in [1.54, 1.807) is 6.20 Å². The number of rotatable bonds is 3. The van der Waals surface area contributed by atoms with Crippen molar-refractivity contribution in [3.8, 4) is 0 Å². The quantitative estimate of drug-likeness (QED) is 0.497. The molecule has 86 valence electrons. The van der Waals surface area contributed by atoms with Gasteiger partial charge in [-0.1, -0.05) is 35.5 Å². The van der Waals surface area contributed by atoms with Crippen molar-refractivity contribution in [2.24, 2.45) is 5.16 Å². The topological polar surface area (TPSA) is 45.5 Å². The first kappa shape index (κ1) is 11.3. The molecule has 1 aromatic carbocycles. The minimum Gasteiger partial charge on any atom is -0.411 e. The van der Waals surface area contributed by atoms with Gasteiger partial charge in [0.25, 0.3) is 0 Å². The minimum absolute atomic E-state index is 0.530. The molecule has 2 rings (SSSR count). The number of nitrogens with zero attached hydrogens (tertiary/aromatic N) is 2. The molecule has 0 bridgehead atoms. The Morgan fingerprint density at radius 2 is 2.00 bits per heavy atom. The van der Waals surface area contributed by atoms with Crippen LogP contribution in [-0.4, -0.2) is 15.9 Å². The van der Waals surface area contributed by atoms with Crippen molar-refractivity contribution in [3.05, 3.63) is 65.5 Å². The Bertz CT molecular complexity index is 521. The van der Waals surface area contributed by atoms with Crippen LogP contribution in [0.1, 0.15) is 16.8 Å². The third-order valence-electron chi connectivity index (χ3n) is 2.55. The molecule has 2 aromatic rings. The second-order valence-corrected chi connectivity index (χ2v) is 3.91. The fourth-order valence-corrected chi connectivity index (χ4v) is 1.69. The number of benzene rings is 1. The lowest BCUT2D eigenvalue weighted by Gasteiger charge is -2.04. The number of hydrogen-bond acceptors (Lipinski definition) is 3. The van der Waals surface area contributed by atoms with Crippen molar-refractivity contribution < 1.29 is 5.21 Å². The van der Waals surface area contributed by atoms with E-state index in [2.05, 4.69) is 10.1 Å². The lowest BCUT2D eigenvalue weighted by Crippen LogP contribution is -2.06. The van der Waals surface area contributed by atoms with Gasteiger partial charge in [-0.3, -0.25) is 4.98 Å². The number of pyridine rings is 1. The molecule has 1 N–H and O–H groups in total. The maximum atomic E-state index is 9.07. The summed E-state index contributed by atoms with van der Waals surface area (Å²) in [6, 6.07) is 13.6. The average molecular weight is 226 g/mol. The van der Waals surface area contributed by atoms with Gasteiger partial charge in [0.2, 0.25) is 0 Å². The lowest BCUT2D eigenvalue weighted by atomic mass is 10.0. The molecule has 0 radical (unpaired) electrons. The van der Waals surface area contributed by atoms with Crippen LogP contribution < -0.4 is 0 Å². The van der Waals surface area contributed by atoms with Crippen LogP contribution in [-0.2, 0) is 6.42 Å². The Hall–Kier alpha value is -2.16. The highest BCUT2D eigenvalue weighted by Crippen LogP contribution is 2.08. The molecule has 1 aromatic heterocycles. The van der Waals surface area contributed by atoms with Crippen molar-refractivity contribution in [2.45, 2.75) is 13.3 Å². The molecule has 0 saturated carbocycles. The minimum atomic E-state index is 0.530. The Morgan fingerprint density at radius 3 is 2.65 bits per heavy atom. The van der Waals surface area contributed by atoms with Gasteiger partial charge in [-0.15, -0.1) is 0 Å². The molecule has 0 spiro atoms. The van der Waals surface area contributed by atoms with Gasteiger partial charge >= 0.3 is 0 Å². The lowest BCUT2D eigenvalue weighted by molar-refractivity contribution is 0.318. The van der Waals surface area contributed by atoms with Gasteiger partial charge in [-0.2, -0.15) is 0 Å². The summed E-state index contributed by atoms with van der Waals surface area (Å²) >= 11 is 0. The van der Waals surface area contributed by atoms with Gasteiger partial charge < -0.3 is 5.21 Å². The van der Waals surface area contributed by atoms with E-state index >= 15 is 0 Å². The van der Waals surface area contributed by atoms with Crippen LogP contribution in [0.3, 0.4) is 0 Å². The fourth-order valence-electron chi connectivity index (χ4n) is 1.69. The molecule has 0 unspecified atom stereocenters. The van der Waals surface area contributed by atoms with Crippen molar-refractivity contribution in [1.82, 2.24) is 4.98 Å². The zero-order valence-electron chi connectivity index (χ0n) is 9.67. The normalized spacial score (nSPS) is 11.5. The Kier molecular flexibility index (Phi) is 3.50. The zero-order valence-corrected chi connectivity index (χ0v) is 9.67. The summed E-state index contributed by atoms with van der Waals surface area (Å²) in [6.45, 7) is 2.02. The summed E-state index contributed by atoms with van der Waals surface area (Å²) in [5, 5.41) is 12.4. The molecule has 0 aliphatic rings. The molecule has 0 aliphatic heterocycles. The van der Waals surface area contributed by atoms with Gasteiger partial charge in [0, 0.05) is 18.3 Å². The molecule has 0 saturated heterocycles. The van der Waals surface area contributed by atoms with E-state index in [0.717, 1.165) is 16.8 Å². The van der Waals surface area contributed by atoms with Crippen molar-refractivity contribution in [2.75, 3.05) is 0 Å². The molecule has 17 heavy (non-hydrogen) atoms. The van der Waals surface area contributed by atoms with E-state index in [-0.39, 0.29) is 0 Å². The zero-order chi connectivity index (χ0) is 12.1. The molecule has 3 heteroatoms. The van der Waals surface area contributed by atoms with Crippen LogP contribution in [0, 0.1) is 6.92 Å². The smallest absolute Gasteiger partial charge is 0.0927 e. The van der Waals surface area contributed by atoms with Crippen LogP contribution in [0.2, 0.25) is 0 Å². The summed E-state index contributed by atoms with van der Waals surface area (Å²) in [4.78, 5) is 4.26. The SMILES string of the molecule is Cc1ccnc(C/C(=N/O)c2ccccc2)c1. The number of aryl methyl sites for hydroxylation is 1. The Balaban J connectivity index is 2.23.